The van der Waals surface area contributed by atoms with E-state index < -0.39 is 17.4 Å². The van der Waals surface area contributed by atoms with Crippen LogP contribution in [-0.4, -0.2) is 38.7 Å². The number of nitrogens with one attached hydrogen (secondary N) is 1. The number of amides is 1. The lowest BCUT2D eigenvalue weighted by Crippen LogP contribution is -2.50. The smallest absolute Gasteiger partial charge is 0.330 e. The molecular formula is C14H18BrNO5. The summed E-state index contributed by atoms with van der Waals surface area (Å²) in [6.45, 7) is 3.12. The largest absolute Gasteiger partial charge is 0.495 e. The molecule has 0 atom stereocenters. The Morgan fingerprint density at radius 2 is 1.57 bits per heavy atom. The molecule has 1 amide bonds. The van der Waals surface area contributed by atoms with Gasteiger partial charge in [0.15, 0.2) is 0 Å². The summed E-state index contributed by atoms with van der Waals surface area (Å²) in [6, 6.07) is 3.10. The van der Waals surface area contributed by atoms with Crippen LogP contribution in [0.2, 0.25) is 0 Å². The van der Waals surface area contributed by atoms with E-state index >= 15 is 0 Å². The zero-order valence-electron chi connectivity index (χ0n) is 12.6. The normalized spacial score (nSPS) is 10.8. The van der Waals surface area contributed by atoms with E-state index in [0.717, 1.165) is 0 Å². The SMILES string of the molecule is COC(=O)C(C)(C)NC(=O)c1cc(OC)c(Br)c(OC)c1. The zero-order valence-corrected chi connectivity index (χ0v) is 14.2. The molecule has 6 nitrogen and oxygen atoms in total. The molecule has 1 rings (SSSR count). The Labute approximate surface area is 131 Å². The molecule has 0 aliphatic carbocycles. The van der Waals surface area contributed by atoms with E-state index in [1.807, 2.05) is 0 Å². The predicted octanol–water partition coefficient (Wildman–Crippen LogP) is 2.15. The number of ether oxygens (including phenoxy) is 3. The van der Waals surface area contributed by atoms with Crippen LogP contribution in [-0.2, 0) is 9.53 Å². The first-order chi connectivity index (χ1) is 9.76. The van der Waals surface area contributed by atoms with Gasteiger partial charge in [0.1, 0.15) is 21.5 Å². The molecule has 1 aromatic carbocycles. The molecule has 0 unspecified atom stereocenters. The molecule has 0 aliphatic heterocycles. The Kier molecular flexibility index (Phi) is 5.60. The molecule has 1 N–H and O–H groups in total. The standard InChI is InChI=1S/C14H18BrNO5/c1-14(2,13(18)21-5)16-12(17)8-6-9(19-3)11(15)10(7-8)20-4/h6-7H,1-5H3,(H,16,17). The van der Waals surface area contributed by atoms with E-state index in [2.05, 4.69) is 26.0 Å². The van der Waals surface area contributed by atoms with Gasteiger partial charge in [-0.05, 0) is 41.9 Å². The van der Waals surface area contributed by atoms with Crippen molar-refractivity contribution in [1.29, 1.82) is 0 Å². The van der Waals surface area contributed by atoms with Crippen LogP contribution in [0.25, 0.3) is 0 Å². The highest BCUT2D eigenvalue weighted by molar-refractivity contribution is 9.10. The van der Waals surface area contributed by atoms with E-state index in [1.54, 1.807) is 26.0 Å². The third kappa shape index (κ3) is 3.87. The molecule has 0 aromatic heterocycles. The molecule has 0 spiro atoms. The van der Waals surface area contributed by atoms with E-state index in [0.29, 0.717) is 21.5 Å². The summed E-state index contributed by atoms with van der Waals surface area (Å²) in [5.74, 6) is -0.0628. The minimum absolute atomic E-state index is 0.309. The summed E-state index contributed by atoms with van der Waals surface area (Å²) in [6.07, 6.45) is 0. The van der Waals surface area contributed by atoms with Gasteiger partial charge in [0.25, 0.3) is 5.91 Å². The minimum Gasteiger partial charge on any atom is -0.495 e. The van der Waals surface area contributed by atoms with Gasteiger partial charge in [-0.2, -0.15) is 0 Å². The number of carbonyl (C=O) groups is 2. The number of hydrogen-bond acceptors (Lipinski definition) is 5. The first kappa shape index (κ1) is 17.3. The number of hydrogen-bond donors (Lipinski definition) is 1. The zero-order chi connectivity index (χ0) is 16.2. The lowest BCUT2D eigenvalue weighted by molar-refractivity contribution is -0.146. The van der Waals surface area contributed by atoms with Gasteiger partial charge < -0.3 is 19.5 Å². The Morgan fingerprint density at radius 1 is 1.10 bits per heavy atom. The van der Waals surface area contributed by atoms with Gasteiger partial charge in [0.05, 0.1) is 21.3 Å². The number of esters is 1. The van der Waals surface area contributed by atoms with E-state index in [1.165, 1.54) is 21.3 Å². The monoisotopic (exact) mass is 359 g/mol. The number of benzene rings is 1. The van der Waals surface area contributed by atoms with Crippen molar-refractivity contribution in [2.75, 3.05) is 21.3 Å². The Bertz CT molecular complexity index is 531. The van der Waals surface area contributed by atoms with Gasteiger partial charge >= 0.3 is 5.97 Å². The molecular weight excluding hydrogens is 342 g/mol. The predicted molar refractivity (Wildman–Crippen MR) is 80.8 cm³/mol. The lowest BCUT2D eigenvalue weighted by Gasteiger charge is -2.23. The molecule has 0 radical (unpaired) electrons. The number of halogens is 1. The second kappa shape index (κ2) is 6.80. The van der Waals surface area contributed by atoms with Crippen LogP contribution < -0.4 is 14.8 Å². The minimum atomic E-state index is -1.14. The van der Waals surface area contributed by atoms with Gasteiger partial charge in [-0.15, -0.1) is 0 Å². The van der Waals surface area contributed by atoms with E-state index in [4.69, 9.17) is 9.47 Å². The summed E-state index contributed by atoms with van der Waals surface area (Å²) in [7, 11) is 4.24. The third-order valence-corrected chi connectivity index (χ3v) is 3.61. The van der Waals surface area contributed by atoms with Crippen LogP contribution in [0.1, 0.15) is 24.2 Å². The maximum Gasteiger partial charge on any atom is 0.330 e. The summed E-state index contributed by atoms with van der Waals surface area (Å²) in [4.78, 5) is 23.9. The molecule has 0 saturated carbocycles. The van der Waals surface area contributed by atoms with Crippen molar-refractivity contribution in [1.82, 2.24) is 5.32 Å². The van der Waals surface area contributed by atoms with Gasteiger partial charge in [-0.1, -0.05) is 0 Å². The highest BCUT2D eigenvalue weighted by atomic mass is 79.9. The molecule has 0 aliphatic rings. The summed E-state index contributed by atoms with van der Waals surface area (Å²) >= 11 is 3.32. The molecule has 1 aromatic rings. The second-order valence-corrected chi connectivity index (χ2v) is 5.56. The Balaban J connectivity index is 3.11. The second-order valence-electron chi connectivity index (χ2n) is 4.77. The number of rotatable bonds is 5. The van der Waals surface area contributed by atoms with Crippen molar-refractivity contribution in [3.8, 4) is 11.5 Å². The average Bonchev–Trinajstić information content (AvgIpc) is 2.45. The average molecular weight is 360 g/mol. The van der Waals surface area contributed by atoms with Crippen LogP contribution in [0, 0.1) is 0 Å². The summed E-state index contributed by atoms with van der Waals surface area (Å²) < 4.78 is 15.6. The van der Waals surface area contributed by atoms with Crippen molar-refractivity contribution in [3.05, 3.63) is 22.2 Å². The van der Waals surface area contributed by atoms with Gasteiger partial charge in [-0.25, -0.2) is 4.79 Å². The Hall–Kier alpha value is -1.76. The van der Waals surface area contributed by atoms with E-state index in [-0.39, 0.29) is 0 Å². The molecule has 0 bridgehead atoms. The Morgan fingerprint density at radius 3 is 1.95 bits per heavy atom. The van der Waals surface area contributed by atoms with Crippen molar-refractivity contribution in [2.24, 2.45) is 0 Å². The highest BCUT2D eigenvalue weighted by Crippen LogP contribution is 2.35. The molecule has 21 heavy (non-hydrogen) atoms. The molecule has 0 fully saturated rings. The van der Waals surface area contributed by atoms with Gasteiger partial charge in [0.2, 0.25) is 0 Å². The summed E-state index contributed by atoms with van der Waals surface area (Å²) in [5, 5.41) is 2.61. The molecule has 0 saturated heterocycles. The van der Waals surface area contributed by atoms with Crippen LogP contribution in [0.15, 0.2) is 16.6 Å². The summed E-state index contributed by atoms with van der Waals surface area (Å²) in [5.41, 5.74) is -0.830. The molecule has 7 heteroatoms. The fraction of sp³-hybridized carbons (Fsp3) is 0.429. The number of methoxy groups -OCH3 is 3. The number of carbonyl (C=O) groups excluding carboxylic acids is 2. The van der Waals surface area contributed by atoms with Crippen LogP contribution in [0.5, 0.6) is 11.5 Å². The van der Waals surface area contributed by atoms with Crippen LogP contribution in [0.3, 0.4) is 0 Å². The lowest BCUT2D eigenvalue weighted by atomic mass is 10.0. The van der Waals surface area contributed by atoms with E-state index in [9.17, 15) is 9.59 Å². The first-order valence-corrected chi connectivity index (χ1v) is 6.88. The maximum atomic E-state index is 12.3. The maximum absolute atomic E-state index is 12.3. The van der Waals surface area contributed by atoms with Crippen LogP contribution in [0.4, 0.5) is 0 Å². The third-order valence-electron chi connectivity index (χ3n) is 2.83. The first-order valence-electron chi connectivity index (χ1n) is 6.09. The molecule has 116 valence electrons. The quantitative estimate of drug-likeness (QED) is 0.815. The fourth-order valence-corrected chi connectivity index (χ4v) is 2.22. The fourth-order valence-electron chi connectivity index (χ4n) is 1.66. The van der Waals surface area contributed by atoms with Crippen molar-refractivity contribution in [2.45, 2.75) is 19.4 Å². The van der Waals surface area contributed by atoms with Crippen molar-refractivity contribution in [3.63, 3.8) is 0 Å². The topological polar surface area (TPSA) is 73.9 Å². The van der Waals surface area contributed by atoms with Gasteiger partial charge in [-0.3, -0.25) is 4.79 Å². The molecule has 0 heterocycles. The van der Waals surface area contributed by atoms with Crippen molar-refractivity contribution >= 4 is 27.8 Å². The van der Waals surface area contributed by atoms with Crippen LogP contribution >= 0.6 is 15.9 Å². The van der Waals surface area contributed by atoms with Gasteiger partial charge in [0, 0.05) is 5.56 Å². The van der Waals surface area contributed by atoms with Crippen molar-refractivity contribution < 1.29 is 23.8 Å². The highest BCUT2D eigenvalue weighted by Gasteiger charge is 2.31.